The first-order valence-corrected chi connectivity index (χ1v) is 6.83. The molecule has 0 aliphatic carbocycles. The summed E-state index contributed by atoms with van der Waals surface area (Å²) in [4.78, 5) is 4.32. The van der Waals surface area contributed by atoms with E-state index in [1.165, 1.54) is 0 Å². The van der Waals surface area contributed by atoms with E-state index in [9.17, 15) is 0 Å². The molecule has 0 unspecified atom stereocenters. The van der Waals surface area contributed by atoms with E-state index in [0.29, 0.717) is 5.02 Å². The lowest BCUT2D eigenvalue weighted by Crippen LogP contribution is -1.99. The summed E-state index contributed by atoms with van der Waals surface area (Å²) >= 11 is 9.32. The molecule has 0 saturated heterocycles. The summed E-state index contributed by atoms with van der Waals surface area (Å²) in [6.07, 6.45) is 1.55. The Morgan fingerprint density at radius 3 is 2.32 bits per heavy atom. The minimum Gasteiger partial charge on any atom is -0.215 e. The molecule has 0 aliphatic heterocycles. The molecule has 5 heteroatoms. The maximum Gasteiger partial charge on any atom is 0.163 e. The van der Waals surface area contributed by atoms with Gasteiger partial charge >= 0.3 is 0 Å². The fourth-order valence-electron chi connectivity index (χ4n) is 1.81. The van der Waals surface area contributed by atoms with Gasteiger partial charge in [-0.05, 0) is 36.4 Å². The van der Waals surface area contributed by atoms with E-state index in [-0.39, 0.29) is 0 Å². The molecule has 0 radical (unpaired) electrons. The lowest BCUT2D eigenvalue weighted by molar-refractivity contribution is 0.887. The molecule has 3 rings (SSSR count). The second-order valence-corrected chi connectivity index (χ2v) is 5.33. The van der Waals surface area contributed by atoms with Gasteiger partial charge in [-0.2, -0.15) is 5.10 Å². The van der Waals surface area contributed by atoms with E-state index in [4.69, 9.17) is 11.6 Å². The Bertz CT molecular complexity index is 629. The van der Waals surface area contributed by atoms with Crippen LogP contribution in [-0.4, -0.2) is 14.8 Å². The van der Waals surface area contributed by atoms with Gasteiger partial charge in [-0.1, -0.05) is 39.7 Å². The van der Waals surface area contributed by atoms with Gasteiger partial charge in [-0.3, -0.25) is 0 Å². The fourth-order valence-corrected chi connectivity index (χ4v) is 2.20. The standard InChI is InChI=1S/C14H9BrClN3/c15-11-3-1-10(2-4-11)14-17-9-18-19(14)13-7-5-12(16)6-8-13/h1-9H. The van der Waals surface area contributed by atoms with Gasteiger partial charge in [0.25, 0.3) is 0 Å². The number of hydrogen-bond donors (Lipinski definition) is 0. The van der Waals surface area contributed by atoms with Crippen molar-refractivity contribution in [3.8, 4) is 17.1 Å². The quantitative estimate of drug-likeness (QED) is 0.697. The van der Waals surface area contributed by atoms with Gasteiger partial charge in [0, 0.05) is 15.1 Å². The highest BCUT2D eigenvalue weighted by atomic mass is 79.9. The number of rotatable bonds is 2. The molecule has 19 heavy (non-hydrogen) atoms. The van der Waals surface area contributed by atoms with Crippen molar-refractivity contribution in [3.05, 3.63) is 64.4 Å². The Labute approximate surface area is 124 Å². The zero-order valence-corrected chi connectivity index (χ0v) is 12.1. The maximum absolute atomic E-state index is 5.90. The predicted octanol–water partition coefficient (Wildman–Crippen LogP) is 4.35. The fraction of sp³-hybridized carbons (Fsp3) is 0. The van der Waals surface area contributed by atoms with Crippen LogP contribution in [0.15, 0.2) is 59.3 Å². The highest BCUT2D eigenvalue weighted by Crippen LogP contribution is 2.22. The first kappa shape index (κ1) is 12.4. The highest BCUT2D eigenvalue weighted by Gasteiger charge is 2.08. The second-order valence-electron chi connectivity index (χ2n) is 3.98. The number of hydrogen-bond acceptors (Lipinski definition) is 2. The van der Waals surface area contributed by atoms with Crippen molar-refractivity contribution in [2.24, 2.45) is 0 Å². The highest BCUT2D eigenvalue weighted by molar-refractivity contribution is 9.10. The summed E-state index contributed by atoms with van der Waals surface area (Å²) < 4.78 is 2.83. The van der Waals surface area contributed by atoms with Crippen LogP contribution < -0.4 is 0 Å². The zero-order valence-electron chi connectivity index (χ0n) is 9.79. The van der Waals surface area contributed by atoms with Gasteiger partial charge in [-0.15, -0.1) is 0 Å². The van der Waals surface area contributed by atoms with Gasteiger partial charge in [0.15, 0.2) is 5.82 Å². The first-order chi connectivity index (χ1) is 9.24. The van der Waals surface area contributed by atoms with Gasteiger partial charge in [0.2, 0.25) is 0 Å². The Morgan fingerprint density at radius 2 is 1.63 bits per heavy atom. The molecule has 0 amide bonds. The largest absolute Gasteiger partial charge is 0.215 e. The topological polar surface area (TPSA) is 30.7 Å². The molecule has 3 aromatic rings. The number of halogens is 2. The third kappa shape index (κ3) is 2.55. The van der Waals surface area contributed by atoms with Crippen LogP contribution in [0, 0.1) is 0 Å². The Morgan fingerprint density at radius 1 is 0.947 bits per heavy atom. The molecular formula is C14H9BrClN3. The van der Waals surface area contributed by atoms with Crippen LogP contribution in [0.1, 0.15) is 0 Å². The van der Waals surface area contributed by atoms with Crippen molar-refractivity contribution >= 4 is 27.5 Å². The van der Waals surface area contributed by atoms with Crippen LogP contribution in [-0.2, 0) is 0 Å². The zero-order chi connectivity index (χ0) is 13.2. The van der Waals surface area contributed by atoms with Crippen molar-refractivity contribution in [2.45, 2.75) is 0 Å². The summed E-state index contributed by atoms with van der Waals surface area (Å²) in [5, 5.41) is 4.97. The van der Waals surface area contributed by atoms with Crippen molar-refractivity contribution in [3.63, 3.8) is 0 Å². The monoisotopic (exact) mass is 333 g/mol. The molecule has 2 aromatic carbocycles. The molecule has 3 nitrogen and oxygen atoms in total. The number of benzene rings is 2. The molecular weight excluding hydrogens is 326 g/mol. The summed E-state index contributed by atoms with van der Waals surface area (Å²) in [7, 11) is 0. The summed E-state index contributed by atoms with van der Waals surface area (Å²) in [6, 6.07) is 15.5. The Kier molecular flexibility index (Phi) is 3.36. The van der Waals surface area contributed by atoms with E-state index >= 15 is 0 Å². The van der Waals surface area contributed by atoms with E-state index in [2.05, 4.69) is 26.0 Å². The number of aromatic nitrogens is 3. The van der Waals surface area contributed by atoms with Crippen LogP contribution in [0.3, 0.4) is 0 Å². The molecule has 0 bridgehead atoms. The minimum absolute atomic E-state index is 0.703. The van der Waals surface area contributed by atoms with Crippen molar-refractivity contribution in [1.82, 2.24) is 14.8 Å². The Balaban J connectivity index is 2.07. The first-order valence-electron chi connectivity index (χ1n) is 5.66. The molecule has 1 aromatic heterocycles. The van der Waals surface area contributed by atoms with Crippen molar-refractivity contribution < 1.29 is 0 Å². The van der Waals surface area contributed by atoms with E-state index in [0.717, 1.165) is 21.5 Å². The molecule has 0 fully saturated rings. The van der Waals surface area contributed by atoms with Gasteiger partial charge in [0.1, 0.15) is 6.33 Å². The lowest BCUT2D eigenvalue weighted by atomic mass is 10.2. The third-order valence-electron chi connectivity index (χ3n) is 2.72. The van der Waals surface area contributed by atoms with Crippen LogP contribution in [0.25, 0.3) is 17.1 Å². The lowest BCUT2D eigenvalue weighted by Gasteiger charge is -2.06. The third-order valence-corrected chi connectivity index (χ3v) is 3.50. The maximum atomic E-state index is 5.90. The van der Waals surface area contributed by atoms with Gasteiger partial charge in [-0.25, -0.2) is 9.67 Å². The van der Waals surface area contributed by atoms with Crippen molar-refractivity contribution in [1.29, 1.82) is 0 Å². The molecule has 1 heterocycles. The molecule has 0 atom stereocenters. The van der Waals surface area contributed by atoms with E-state index in [1.807, 2.05) is 48.5 Å². The second kappa shape index (κ2) is 5.15. The molecule has 0 aliphatic rings. The van der Waals surface area contributed by atoms with Crippen LogP contribution in [0.2, 0.25) is 5.02 Å². The summed E-state index contributed by atoms with van der Waals surface area (Å²) in [6.45, 7) is 0. The number of nitrogens with zero attached hydrogens (tertiary/aromatic N) is 3. The van der Waals surface area contributed by atoms with Gasteiger partial charge in [0.05, 0.1) is 5.69 Å². The molecule has 94 valence electrons. The molecule has 0 spiro atoms. The summed E-state index contributed by atoms with van der Waals surface area (Å²) in [5.41, 5.74) is 1.94. The van der Waals surface area contributed by atoms with Gasteiger partial charge < -0.3 is 0 Å². The Hall–Kier alpha value is -1.65. The van der Waals surface area contributed by atoms with Crippen molar-refractivity contribution in [2.75, 3.05) is 0 Å². The SMILES string of the molecule is Clc1ccc(-n2ncnc2-c2ccc(Br)cc2)cc1. The van der Waals surface area contributed by atoms with E-state index < -0.39 is 0 Å². The molecule has 0 saturated carbocycles. The normalized spacial score (nSPS) is 10.6. The van der Waals surface area contributed by atoms with Crippen LogP contribution in [0.5, 0.6) is 0 Å². The molecule has 0 N–H and O–H groups in total. The average Bonchev–Trinajstić information content (AvgIpc) is 2.90. The minimum atomic E-state index is 0.703. The summed E-state index contributed by atoms with van der Waals surface area (Å²) in [5.74, 6) is 0.801. The van der Waals surface area contributed by atoms with Crippen LogP contribution in [0.4, 0.5) is 0 Å². The van der Waals surface area contributed by atoms with Crippen LogP contribution >= 0.6 is 27.5 Å². The average molecular weight is 335 g/mol. The predicted molar refractivity (Wildman–Crippen MR) is 79.5 cm³/mol. The smallest absolute Gasteiger partial charge is 0.163 e. The van der Waals surface area contributed by atoms with E-state index in [1.54, 1.807) is 11.0 Å².